The molecule has 0 spiro atoms. The average molecular weight is 520 g/mol. The molecule has 9 heteroatoms. The predicted molar refractivity (Wildman–Crippen MR) is 139 cm³/mol. The van der Waals surface area contributed by atoms with Crippen molar-refractivity contribution in [2.45, 2.75) is 56.3 Å². The largest absolute Gasteiger partial charge is 0.485 e. The van der Waals surface area contributed by atoms with Crippen LogP contribution in [0.3, 0.4) is 0 Å². The van der Waals surface area contributed by atoms with Gasteiger partial charge in [-0.15, -0.1) is 0 Å². The van der Waals surface area contributed by atoms with E-state index in [1.54, 1.807) is 56.3 Å². The lowest BCUT2D eigenvalue weighted by Crippen LogP contribution is -2.53. The zero-order valence-electron chi connectivity index (χ0n) is 20.9. The third kappa shape index (κ3) is 5.16. The molecule has 2 N–H and O–H groups in total. The Bertz CT molecular complexity index is 1500. The highest BCUT2D eigenvalue weighted by atomic mass is 32.2. The minimum absolute atomic E-state index is 0.126. The number of aromatic nitrogens is 2. The highest BCUT2D eigenvalue weighted by Crippen LogP contribution is 2.42. The van der Waals surface area contributed by atoms with Gasteiger partial charge in [-0.25, -0.2) is 13.1 Å². The summed E-state index contributed by atoms with van der Waals surface area (Å²) in [4.78, 5) is 4.64. The predicted octanol–water partition coefficient (Wildman–Crippen LogP) is 4.44. The molecule has 0 saturated heterocycles. The number of sulfonamides is 1. The number of hydrogen-bond donors (Lipinski definition) is 2. The first-order valence-corrected chi connectivity index (χ1v) is 13.6. The van der Waals surface area contributed by atoms with Gasteiger partial charge in [-0.3, -0.25) is 0 Å². The maximum Gasteiger partial charge on any atom is 0.257 e. The van der Waals surface area contributed by atoms with Crippen molar-refractivity contribution in [1.82, 2.24) is 14.9 Å². The van der Waals surface area contributed by atoms with Crippen LogP contribution >= 0.6 is 0 Å². The summed E-state index contributed by atoms with van der Waals surface area (Å²) in [6.45, 7) is 5.45. The van der Waals surface area contributed by atoms with Gasteiger partial charge in [0.05, 0.1) is 10.9 Å². The quantitative estimate of drug-likeness (QED) is 0.371. The first-order chi connectivity index (χ1) is 17.7. The first kappa shape index (κ1) is 25.1. The van der Waals surface area contributed by atoms with E-state index in [2.05, 4.69) is 14.9 Å². The van der Waals surface area contributed by atoms with Crippen molar-refractivity contribution in [2.75, 3.05) is 0 Å². The van der Waals surface area contributed by atoms with E-state index < -0.39 is 27.8 Å². The fourth-order valence-corrected chi connectivity index (χ4v) is 5.64. The number of hydrogen-bond acceptors (Lipinski definition) is 7. The van der Waals surface area contributed by atoms with Crippen LogP contribution in [0.15, 0.2) is 82.2 Å². The molecule has 2 atom stereocenters. The van der Waals surface area contributed by atoms with Gasteiger partial charge in [-0.1, -0.05) is 54.5 Å². The second-order valence-corrected chi connectivity index (χ2v) is 11.4. The molecule has 5 rings (SSSR count). The fourth-order valence-electron chi connectivity index (χ4n) is 4.42. The molecule has 0 bridgehead atoms. The molecule has 0 saturated carbocycles. The van der Waals surface area contributed by atoms with Crippen molar-refractivity contribution in [3.63, 3.8) is 0 Å². The monoisotopic (exact) mass is 519 g/mol. The SMILES string of the molecule is CCc1ccc(S(=O)(=O)N[C@@H]2c3cc(-c4nc(Cc5ccccc5)no4)ccc3OC(C)(C)[C@@H]2O)cc1. The number of rotatable bonds is 7. The molecule has 0 radical (unpaired) electrons. The maximum absolute atomic E-state index is 13.3. The molecule has 1 aromatic heterocycles. The molecular formula is C28H29N3O5S. The third-order valence-corrected chi connectivity index (χ3v) is 8.05. The molecule has 3 aromatic carbocycles. The lowest BCUT2D eigenvalue weighted by molar-refractivity contribution is -0.0602. The molecule has 2 heterocycles. The molecule has 0 aliphatic carbocycles. The van der Waals surface area contributed by atoms with E-state index >= 15 is 0 Å². The van der Waals surface area contributed by atoms with E-state index in [0.717, 1.165) is 17.5 Å². The Hall–Kier alpha value is -3.53. The van der Waals surface area contributed by atoms with Gasteiger partial charge in [-0.2, -0.15) is 4.98 Å². The number of aryl methyl sites for hydroxylation is 1. The van der Waals surface area contributed by atoms with E-state index in [1.165, 1.54) is 0 Å². The van der Waals surface area contributed by atoms with E-state index in [0.29, 0.717) is 35.0 Å². The van der Waals surface area contributed by atoms with Gasteiger partial charge < -0.3 is 14.4 Å². The summed E-state index contributed by atoms with van der Waals surface area (Å²) in [7, 11) is -3.94. The van der Waals surface area contributed by atoms with Gasteiger partial charge >= 0.3 is 0 Å². The Morgan fingerprint density at radius 3 is 2.43 bits per heavy atom. The summed E-state index contributed by atoms with van der Waals surface area (Å²) in [5.74, 6) is 1.30. The Balaban J connectivity index is 1.47. The highest BCUT2D eigenvalue weighted by molar-refractivity contribution is 7.89. The summed E-state index contributed by atoms with van der Waals surface area (Å²) in [6, 6.07) is 20.8. The van der Waals surface area contributed by atoms with Crippen LogP contribution in [0, 0.1) is 0 Å². The lowest BCUT2D eigenvalue weighted by Gasteiger charge is -2.42. The summed E-state index contributed by atoms with van der Waals surface area (Å²) < 4.78 is 40.8. The summed E-state index contributed by atoms with van der Waals surface area (Å²) in [5, 5.41) is 15.3. The van der Waals surface area contributed by atoms with Crippen LogP contribution in [0.25, 0.3) is 11.5 Å². The second kappa shape index (κ2) is 9.74. The number of aliphatic hydroxyl groups is 1. The van der Waals surface area contributed by atoms with Gasteiger partial charge in [0.2, 0.25) is 10.0 Å². The molecular weight excluding hydrogens is 490 g/mol. The number of ether oxygens (including phenoxy) is 1. The van der Waals surface area contributed by atoms with Gasteiger partial charge in [-0.05, 0) is 61.7 Å². The minimum atomic E-state index is -3.94. The van der Waals surface area contributed by atoms with Crippen molar-refractivity contribution in [2.24, 2.45) is 0 Å². The van der Waals surface area contributed by atoms with Crippen molar-refractivity contribution >= 4 is 10.0 Å². The van der Waals surface area contributed by atoms with Crippen LogP contribution in [0.2, 0.25) is 0 Å². The molecule has 0 amide bonds. The Kier molecular flexibility index (Phi) is 6.61. The van der Waals surface area contributed by atoms with Gasteiger partial charge in [0.1, 0.15) is 17.5 Å². The van der Waals surface area contributed by atoms with Gasteiger partial charge in [0, 0.05) is 17.5 Å². The van der Waals surface area contributed by atoms with Crippen molar-refractivity contribution in [3.05, 3.63) is 95.3 Å². The van der Waals surface area contributed by atoms with Crippen LogP contribution in [0.4, 0.5) is 0 Å². The maximum atomic E-state index is 13.3. The number of nitrogens with one attached hydrogen (secondary N) is 1. The smallest absolute Gasteiger partial charge is 0.257 e. The lowest BCUT2D eigenvalue weighted by atomic mass is 9.86. The van der Waals surface area contributed by atoms with E-state index in [9.17, 15) is 13.5 Å². The van der Waals surface area contributed by atoms with Crippen LogP contribution in [0.5, 0.6) is 5.75 Å². The van der Waals surface area contributed by atoms with Crippen LogP contribution in [0.1, 0.15) is 49.3 Å². The first-order valence-electron chi connectivity index (χ1n) is 12.2. The minimum Gasteiger partial charge on any atom is -0.485 e. The van der Waals surface area contributed by atoms with Crippen LogP contribution in [-0.2, 0) is 22.9 Å². The number of benzene rings is 3. The van der Waals surface area contributed by atoms with E-state index in [4.69, 9.17) is 9.26 Å². The number of nitrogens with zero attached hydrogens (tertiary/aromatic N) is 2. The zero-order valence-corrected chi connectivity index (χ0v) is 21.7. The second-order valence-electron chi connectivity index (χ2n) is 9.68. The molecule has 0 unspecified atom stereocenters. The standard InChI is InChI=1S/C28H29N3O5S/c1-4-18-10-13-21(14-11-18)37(33,34)31-25-22-17-20(12-15-23(22)35-28(2,3)26(25)32)27-29-24(30-36-27)16-19-8-6-5-7-9-19/h5-15,17,25-26,31-32H,4,16H2,1-3H3/t25-,26-/m1/s1. The van der Waals surface area contributed by atoms with Crippen molar-refractivity contribution in [1.29, 1.82) is 0 Å². The number of aliphatic hydroxyl groups excluding tert-OH is 1. The summed E-state index contributed by atoms with van der Waals surface area (Å²) in [5.41, 5.74) is 2.15. The fraction of sp³-hybridized carbons (Fsp3) is 0.286. The number of fused-ring (bicyclic) bond motifs is 1. The van der Waals surface area contributed by atoms with Crippen LogP contribution < -0.4 is 9.46 Å². The third-order valence-electron chi connectivity index (χ3n) is 6.59. The molecule has 37 heavy (non-hydrogen) atoms. The normalized spacial score (nSPS) is 18.7. The van der Waals surface area contributed by atoms with Gasteiger partial charge in [0.25, 0.3) is 5.89 Å². The molecule has 192 valence electrons. The molecule has 8 nitrogen and oxygen atoms in total. The summed E-state index contributed by atoms with van der Waals surface area (Å²) in [6.07, 6.45) is 0.167. The summed E-state index contributed by atoms with van der Waals surface area (Å²) >= 11 is 0. The molecule has 0 fully saturated rings. The highest BCUT2D eigenvalue weighted by Gasteiger charge is 2.44. The molecule has 1 aliphatic heterocycles. The Morgan fingerprint density at radius 1 is 1.00 bits per heavy atom. The van der Waals surface area contributed by atoms with E-state index in [-0.39, 0.29) is 4.90 Å². The Labute approximate surface area is 216 Å². The zero-order chi connectivity index (χ0) is 26.2. The van der Waals surface area contributed by atoms with E-state index in [1.807, 2.05) is 37.3 Å². The molecule has 1 aliphatic rings. The molecule has 4 aromatic rings. The van der Waals surface area contributed by atoms with Gasteiger partial charge in [0.15, 0.2) is 5.82 Å². The van der Waals surface area contributed by atoms with Crippen molar-refractivity contribution in [3.8, 4) is 17.2 Å². The van der Waals surface area contributed by atoms with Crippen LogP contribution in [-0.4, -0.2) is 35.4 Å². The average Bonchev–Trinajstić information content (AvgIpc) is 3.35. The Morgan fingerprint density at radius 2 is 1.73 bits per heavy atom. The van der Waals surface area contributed by atoms with Crippen molar-refractivity contribution < 1.29 is 22.8 Å². The topological polar surface area (TPSA) is 115 Å².